The van der Waals surface area contributed by atoms with Crippen LogP contribution in [0.4, 0.5) is 5.69 Å². The zero-order valence-electron chi connectivity index (χ0n) is 10.8. The third-order valence-corrected chi connectivity index (χ3v) is 3.40. The molecule has 0 saturated carbocycles. The Morgan fingerprint density at radius 2 is 2.37 bits per heavy atom. The molecule has 5 heteroatoms. The van der Waals surface area contributed by atoms with Crippen molar-refractivity contribution in [3.8, 4) is 6.07 Å². The molecule has 0 spiro atoms. The molecule has 1 aliphatic rings. The van der Waals surface area contributed by atoms with E-state index in [1.54, 1.807) is 18.2 Å². The Balaban J connectivity index is 2.02. The van der Waals surface area contributed by atoms with Crippen LogP contribution in [-0.4, -0.2) is 29.9 Å². The molecular formula is C14H16ClN3O. The lowest BCUT2D eigenvalue weighted by molar-refractivity contribution is -0.127. The molecule has 1 fully saturated rings. The topological polar surface area (TPSA) is 56.1 Å². The number of benzene rings is 1. The number of halogens is 1. The van der Waals surface area contributed by atoms with Gasteiger partial charge in [0.1, 0.15) is 6.07 Å². The Bertz CT molecular complexity index is 524. The molecule has 0 unspecified atom stereocenters. The first-order chi connectivity index (χ1) is 9.10. The summed E-state index contributed by atoms with van der Waals surface area (Å²) < 4.78 is 0. The minimum atomic E-state index is 0.0765. The Morgan fingerprint density at radius 3 is 3.00 bits per heavy atom. The molecule has 1 aromatic carbocycles. The zero-order valence-corrected chi connectivity index (χ0v) is 11.6. The third-order valence-electron chi connectivity index (χ3n) is 3.17. The van der Waals surface area contributed by atoms with E-state index in [-0.39, 0.29) is 11.9 Å². The molecule has 19 heavy (non-hydrogen) atoms. The van der Waals surface area contributed by atoms with E-state index in [4.69, 9.17) is 16.9 Å². The molecule has 0 bridgehead atoms. The molecule has 1 saturated heterocycles. The van der Waals surface area contributed by atoms with Gasteiger partial charge in [-0.2, -0.15) is 5.26 Å². The molecule has 4 nitrogen and oxygen atoms in total. The molecule has 1 atom stereocenters. The first-order valence-corrected chi connectivity index (χ1v) is 6.72. The van der Waals surface area contributed by atoms with E-state index in [2.05, 4.69) is 11.4 Å². The van der Waals surface area contributed by atoms with Crippen LogP contribution in [0.1, 0.15) is 25.3 Å². The highest BCUT2D eigenvalue weighted by Gasteiger charge is 2.21. The van der Waals surface area contributed by atoms with Crippen molar-refractivity contribution in [3.05, 3.63) is 28.8 Å². The van der Waals surface area contributed by atoms with Crippen molar-refractivity contribution in [2.45, 2.75) is 25.8 Å². The monoisotopic (exact) mass is 277 g/mol. The average Bonchev–Trinajstić information content (AvgIpc) is 2.75. The predicted octanol–water partition coefficient (Wildman–Crippen LogP) is 2.63. The minimum absolute atomic E-state index is 0.0765. The Kier molecular flexibility index (Phi) is 4.28. The highest BCUT2D eigenvalue weighted by molar-refractivity contribution is 6.30. The van der Waals surface area contributed by atoms with Crippen LogP contribution < -0.4 is 5.32 Å². The highest BCUT2D eigenvalue weighted by Crippen LogP contribution is 2.21. The standard InChI is InChI=1S/C14H16ClN3O/c1-10(9-18-6-2-3-14(18)19)17-13-7-12(15)5-4-11(13)8-16/h4-5,7,10,17H,2-3,6,9H2,1H3/t10-/m0/s1. The van der Waals surface area contributed by atoms with Crippen molar-refractivity contribution < 1.29 is 4.79 Å². The number of carbonyl (C=O) groups excluding carboxylic acids is 1. The van der Waals surface area contributed by atoms with Gasteiger partial charge in [0.25, 0.3) is 0 Å². The van der Waals surface area contributed by atoms with Crippen molar-refractivity contribution in [2.24, 2.45) is 0 Å². The number of nitrogens with one attached hydrogen (secondary N) is 1. The first-order valence-electron chi connectivity index (χ1n) is 6.34. The quantitative estimate of drug-likeness (QED) is 0.920. The predicted molar refractivity (Wildman–Crippen MR) is 75.1 cm³/mol. The third kappa shape index (κ3) is 3.39. The normalized spacial score (nSPS) is 16.3. The number of nitrogens with zero attached hydrogens (tertiary/aromatic N) is 2. The summed E-state index contributed by atoms with van der Waals surface area (Å²) in [6.07, 6.45) is 1.58. The van der Waals surface area contributed by atoms with Gasteiger partial charge in [-0.3, -0.25) is 4.79 Å². The molecule has 1 heterocycles. The summed E-state index contributed by atoms with van der Waals surface area (Å²) in [7, 11) is 0. The summed E-state index contributed by atoms with van der Waals surface area (Å²) in [5.41, 5.74) is 1.28. The number of nitriles is 1. The lowest BCUT2D eigenvalue weighted by atomic mass is 10.1. The van der Waals surface area contributed by atoms with Crippen LogP contribution in [0.15, 0.2) is 18.2 Å². The van der Waals surface area contributed by atoms with Gasteiger partial charge in [-0.25, -0.2) is 0 Å². The lowest BCUT2D eigenvalue weighted by Crippen LogP contribution is -2.35. The van der Waals surface area contributed by atoms with Crippen molar-refractivity contribution in [2.75, 3.05) is 18.4 Å². The minimum Gasteiger partial charge on any atom is -0.380 e. The first kappa shape index (κ1) is 13.7. The largest absolute Gasteiger partial charge is 0.380 e. The highest BCUT2D eigenvalue weighted by atomic mass is 35.5. The SMILES string of the molecule is C[C@@H](CN1CCCC1=O)Nc1cc(Cl)ccc1C#N. The fourth-order valence-electron chi connectivity index (χ4n) is 2.27. The van der Waals surface area contributed by atoms with Crippen molar-refractivity contribution in [1.82, 2.24) is 4.90 Å². The van der Waals surface area contributed by atoms with Crippen LogP contribution in [0.3, 0.4) is 0 Å². The number of anilines is 1. The summed E-state index contributed by atoms with van der Waals surface area (Å²) in [4.78, 5) is 13.4. The molecule has 100 valence electrons. The number of carbonyl (C=O) groups is 1. The fourth-order valence-corrected chi connectivity index (χ4v) is 2.44. The van der Waals surface area contributed by atoms with Gasteiger partial charge in [0.15, 0.2) is 0 Å². The molecule has 1 aliphatic heterocycles. The Labute approximate surface area is 118 Å². The maximum Gasteiger partial charge on any atom is 0.222 e. The summed E-state index contributed by atoms with van der Waals surface area (Å²) >= 11 is 5.94. The van der Waals surface area contributed by atoms with Crippen LogP contribution in [0.25, 0.3) is 0 Å². The molecule has 1 aromatic rings. The summed E-state index contributed by atoms with van der Waals surface area (Å²) in [5.74, 6) is 0.209. The van der Waals surface area contributed by atoms with Crippen molar-refractivity contribution in [3.63, 3.8) is 0 Å². The van der Waals surface area contributed by atoms with E-state index in [0.717, 1.165) is 13.0 Å². The molecule has 1 N–H and O–H groups in total. The number of likely N-dealkylation sites (tertiary alicyclic amines) is 1. The van der Waals surface area contributed by atoms with Gasteiger partial charge in [-0.1, -0.05) is 11.6 Å². The molecule has 2 rings (SSSR count). The zero-order chi connectivity index (χ0) is 13.8. The van der Waals surface area contributed by atoms with E-state index < -0.39 is 0 Å². The van der Waals surface area contributed by atoms with Crippen LogP contribution in [0.2, 0.25) is 5.02 Å². The maximum absolute atomic E-state index is 11.6. The molecular weight excluding hydrogens is 262 g/mol. The Hall–Kier alpha value is -1.73. The summed E-state index contributed by atoms with van der Waals surface area (Å²) in [6, 6.07) is 7.33. The van der Waals surface area contributed by atoms with Crippen LogP contribution >= 0.6 is 11.6 Å². The fraction of sp³-hybridized carbons (Fsp3) is 0.429. The molecule has 0 aromatic heterocycles. The van der Waals surface area contributed by atoms with Gasteiger partial charge in [-0.05, 0) is 31.5 Å². The van der Waals surface area contributed by atoms with Gasteiger partial charge < -0.3 is 10.2 Å². The second kappa shape index (κ2) is 5.94. The number of hydrogen-bond acceptors (Lipinski definition) is 3. The van der Waals surface area contributed by atoms with E-state index in [1.165, 1.54) is 0 Å². The van der Waals surface area contributed by atoms with E-state index >= 15 is 0 Å². The number of rotatable bonds is 4. The summed E-state index contributed by atoms with van der Waals surface area (Å²) in [6.45, 7) is 3.47. The Morgan fingerprint density at radius 1 is 1.58 bits per heavy atom. The van der Waals surface area contributed by atoms with E-state index in [9.17, 15) is 4.79 Å². The van der Waals surface area contributed by atoms with Crippen molar-refractivity contribution in [1.29, 1.82) is 5.26 Å². The maximum atomic E-state index is 11.6. The van der Waals surface area contributed by atoms with E-state index in [0.29, 0.717) is 29.2 Å². The lowest BCUT2D eigenvalue weighted by Gasteiger charge is -2.23. The second-order valence-corrected chi connectivity index (χ2v) is 5.23. The molecule has 1 amide bonds. The van der Waals surface area contributed by atoms with E-state index in [1.807, 2.05) is 11.8 Å². The molecule has 0 aliphatic carbocycles. The van der Waals surface area contributed by atoms with Gasteiger partial charge in [0.2, 0.25) is 5.91 Å². The summed E-state index contributed by atoms with van der Waals surface area (Å²) in [5, 5.41) is 12.9. The molecule has 0 radical (unpaired) electrons. The van der Waals surface area contributed by atoms with Crippen LogP contribution in [-0.2, 0) is 4.79 Å². The smallest absolute Gasteiger partial charge is 0.222 e. The van der Waals surface area contributed by atoms with Crippen LogP contribution in [0.5, 0.6) is 0 Å². The van der Waals surface area contributed by atoms with Gasteiger partial charge in [0, 0.05) is 30.6 Å². The van der Waals surface area contributed by atoms with Gasteiger partial charge in [0.05, 0.1) is 11.3 Å². The average molecular weight is 278 g/mol. The number of amides is 1. The number of hydrogen-bond donors (Lipinski definition) is 1. The van der Waals surface area contributed by atoms with Gasteiger partial charge >= 0.3 is 0 Å². The van der Waals surface area contributed by atoms with Gasteiger partial charge in [-0.15, -0.1) is 0 Å². The van der Waals surface area contributed by atoms with Crippen LogP contribution in [0, 0.1) is 11.3 Å². The van der Waals surface area contributed by atoms with Crippen molar-refractivity contribution >= 4 is 23.2 Å². The second-order valence-electron chi connectivity index (χ2n) is 4.79.